The number of carbonyl (C=O) groups is 1. The van der Waals surface area contributed by atoms with Crippen LogP contribution in [0.2, 0.25) is 0 Å². The van der Waals surface area contributed by atoms with Gasteiger partial charge in [0.25, 0.3) is 10.2 Å². The number of hydrogen-bond acceptors (Lipinski definition) is 4. The number of esters is 1. The van der Waals surface area contributed by atoms with Crippen LogP contribution >= 0.6 is 0 Å². The Morgan fingerprint density at radius 2 is 2.12 bits per heavy atom. The van der Waals surface area contributed by atoms with Gasteiger partial charge in [0.15, 0.2) is 0 Å². The summed E-state index contributed by atoms with van der Waals surface area (Å²) >= 11 is 0. The average Bonchev–Trinajstić information content (AvgIpc) is 3.00. The second kappa shape index (κ2) is 5.60. The van der Waals surface area contributed by atoms with Crippen LogP contribution in [0.4, 0.5) is 0 Å². The van der Waals surface area contributed by atoms with Gasteiger partial charge >= 0.3 is 5.97 Å². The van der Waals surface area contributed by atoms with Gasteiger partial charge in [-0.15, -0.1) is 0 Å². The van der Waals surface area contributed by atoms with Crippen molar-refractivity contribution < 1.29 is 17.9 Å². The topological polar surface area (TPSA) is 75.7 Å². The third-order valence-electron chi connectivity index (χ3n) is 2.38. The summed E-state index contributed by atoms with van der Waals surface area (Å²) in [4.78, 5) is 10.8. The molecule has 16 heavy (non-hydrogen) atoms. The highest BCUT2D eigenvalue weighted by Crippen LogP contribution is 2.20. The Morgan fingerprint density at radius 1 is 1.50 bits per heavy atom. The fourth-order valence-electron chi connectivity index (χ4n) is 1.17. The van der Waals surface area contributed by atoms with Crippen molar-refractivity contribution in [1.82, 2.24) is 9.03 Å². The number of ether oxygens (including phenoxy) is 1. The molecule has 0 amide bonds. The minimum Gasteiger partial charge on any atom is -0.469 e. The van der Waals surface area contributed by atoms with Crippen LogP contribution in [0.1, 0.15) is 25.7 Å². The maximum Gasteiger partial charge on any atom is 0.305 e. The van der Waals surface area contributed by atoms with Gasteiger partial charge in [-0.3, -0.25) is 4.79 Å². The van der Waals surface area contributed by atoms with E-state index in [0.717, 1.165) is 12.8 Å². The van der Waals surface area contributed by atoms with E-state index in [1.807, 2.05) is 0 Å². The number of hydrogen-bond donors (Lipinski definition) is 1. The first-order chi connectivity index (χ1) is 7.45. The van der Waals surface area contributed by atoms with Crippen LogP contribution in [0.25, 0.3) is 0 Å². The zero-order chi connectivity index (χ0) is 12.2. The standard InChI is InChI=1S/C9H18N2O4S/c1-11(7-3-4-9(12)15-2)16(13,14)10-8-5-6-8/h8,10H,3-7H2,1-2H3. The smallest absolute Gasteiger partial charge is 0.305 e. The Bertz CT molecular complexity index is 337. The molecule has 6 nitrogen and oxygen atoms in total. The second-order valence-corrected chi connectivity index (χ2v) is 5.71. The maximum absolute atomic E-state index is 11.6. The molecule has 1 saturated carbocycles. The third-order valence-corrected chi connectivity index (χ3v) is 4.02. The van der Waals surface area contributed by atoms with E-state index in [4.69, 9.17) is 0 Å². The number of nitrogens with one attached hydrogen (secondary N) is 1. The lowest BCUT2D eigenvalue weighted by atomic mass is 10.3. The van der Waals surface area contributed by atoms with Gasteiger partial charge in [-0.25, -0.2) is 0 Å². The van der Waals surface area contributed by atoms with E-state index in [0.29, 0.717) is 13.0 Å². The second-order valence-electron chi connectivity index (χ2n) is 3.90. The van der Waals surface area contributed by atoms with Crippen molar-refractivity contribution in [3.8, 4) is 0 Å². The summed E-state index contributed by atoms with van der Waals surface area (Å²) in [6.07, 6.45) is 2.53. The third kappa shape index (κ3) is 4.46. The molecule has 0 aliphatic heterocycles. The predicted molar refractivity (Wildman–Crippen MR) is 59.0 cm³/mol. The molecule has 0 atom stereocenters. The number of rotatable bonds is 7. The largest absolute Gasteiger partial charge is 0.469 e. The van der Waals surface area contributed by atoms with Crippen LogP contribution < -0.4 is 4.72 Å². The molecule has 0 aromatic carbocycles. The summed E-state index contributed by atoms with van der Waals surface area (Å²) in [5.41, 5.74) is 0. The highest BCUT2D eigenvalue weighted by Gasteiger charge is 2.29. The zero-order valence-electron chi connectivity index (χ0n) is 9.60. The van der Waals surface area contributed by atoms with Gasteiger partial charge in [0.05, 0.1) is 7.11 Å². The molecule has 0 aromatic rings. The molecule has 1 aliphatic carbocycles. The first kappa shape index (κ1) is 13.4. The number of nitrogens with zero attached hydrogens (tertiary/aromatic N) is 1. The van der Waals surface area contributed by atoms with E-state index in [1.165, 1.54) is 18.5 Å². The van der Waals surface area contributed by atoms with Crippen LogP contribution in [0.5, 0.6) is 0 Å². The van der Waals surface area contributed by atoms with Crippen molar-refractivity contribution in [3.63, 3.8) is 0 Å². The van der Waals surface area contributed by atoms with Crippen molar-refractivity contribution in [2.24, 2.45) is 0 Å². The van der Waals surface area contributed by atoms with Crippen LogP contribution in [0.15, 0.2) is 0 Å². The summed E-state index contributed by atoms with van der Waals surface area (Å²) in [5, 5.41) is 0. The molecule has 7 heteroatoms. The van der Waals surface area contributed by atoms with Gasteiger partial charge in [0.2, 0.25) is 0 Å². The molecule has 94 valence electrons. The Labute approximate surface area is 96.1 Å². The van der Waals surface area contributed by atoms with Crippen LogP contribution in [0.3, 0.4) is 0 Å². The Balaban J connectivity index is 2.27. The summed E-state index contributed by atoms with van der Waals surface area (Å²) in [6.45, 7) is 0.317. The molecule has 1 aliphatic rings. The monoisotopic (exact) mass is 250 g/mol. The van der Waals surface area contributed by atoms with Crippen molar-refractivity contribution in [3.05, 3.63) is 0 Å². The van der Waals surface area contributed by atoms with Gasteiger partial charge < -0.3 is 4.74 Å². The maximum atomic E-state index is 11.6. The molecule has 1 rings (SSSR count). The van der Waals surface area contributed by atoms with E-state index in [2.05, 4.69) is 9.46 Å². The first-order valence-electron chi connectivity index (χ1n) is 5.26. The predicted octanol–water partition coefficient (Wildman–Crippen LogP) is -0.132. The van der Waals surface area contributed by atoms with Gasteiger partial charge in [0, 0.05) is 26.1 Å². The molecular formula is C9H18N2O4S. The lowest BCUT2D eigenvalue weighted by Crippen LogP contribution is -2.39. The van der Waals surface area contributed by atoms with Crippen molar-refractivity contribution in [2.45, 2.75) is 31.7 Å². The normalized spacial score (nSPS) is 16.4. The lowest BCUT2D eigenvalue weighted by molar-refractivity contribution is -0.140. The highest BCUT2D eigenvalue weighted by atomic mass is 32.2. The fourth-order valence-corrected chi connectivity index (χ4v) is 2.38. The van der Waals surface area contributed by atoms with Gasteiger partial charge in [-0.2, -0.15) is 17.4 Å². The molecule has 0 unspecified atom stereocenters. The minimum absolute atomic E-state index is 0.105. The molecule has 0 radical (unpaired) electrons. The molecule has 0 bridgehead atoms. The summed E-state index contributed by atoms with van der Waals surface area (Å²) in [6, 6.07) is 0.105. The van der Waals surface area contributed by atoms with E-state index >= 15 is 0 Å². The lowest BCUT2D eigenvalue weighted by Gasteiger charge is -2.16. The minimum atomic E-state index is -3.37. The molecule has 0 aromatic heterocycles. The van der Waals surface area contributed by atoms with Crippen molar-refractivity contribution in [2.75, 3.05) is 20.7 Å². The summed E-state index contributed by atoms with van der Waals surface area (Å²) in [5.74, 6) is -0.319. The van der Waals surface area contributed by atoms with E-state index in [1.54, 1.807) is 0 Å². The molecule has 1 N–H and O–H groups in total. The van der Waals surface area contributed by atoms with E-state index in [9.17, 15) is 13.2 Å². The van der Waals surface area contributed by atoms with Crippen LogP contribution in [-0.4, -0.2) is 45.4 Å². The van der Waals surface area contributed by atoms with Crippen LogP contribution in [-0.2, 0) is 19.7 Å². The molecule has 0 saturated heterocycles. The van der Waals surface area contributed by atoms with E-state index in [-0.39, 0.29) is 18.4 Å². The summed E-state index contributed by atoms with van der Waals surface area (Å²) in [7, 11) is -0.552. The quantitative estimate of drug-likeness (QED) is 0.639. The highest BCUT2D eigenvalue weighted by molar-refractivity contribution is 7.87. The molecule has 0 spiro atoms. The van der Waals surface area contributed by atoms with Crippen molar-refractivity contribution in [1.29, 1.82) is 0 Å². The van der Waals surface area contributed by atoms with E-state index < -0.39 is 10.2 Å². The first-order valence-corrected chi connectivity index (χ1v) is 6.70. The Kier molecular flexibility index (Phi) is 4.69. The Hall–Kier alpha value is -0.660. The van der Waals surface area contributed by atoms with Gasteiger partial charge in [-0.05, 0) is 19.3 Å². The van der Waals surface area contributed by atoms with Gasteiger partial charge in [-0.1, -0.05) is 0 Å². The van der Waals surface area contributed by atoms with Crippen LogP contribution in [0, 0.1) is 0 Å². The van der Waals surface area contributed by atoms with Crippen molar-refractivity contribution >= 4 is 16.2 Å². The Morgan fingerprint density at radius 3 is 2.62 bits per heavy atom. The molecular weight excluding hydrogens is 232 g/mol. The molecule has 0 heterocycles. The average molecular weight is 250 g/mol. The molecule has 1 fully saturated rings. The number of carbonyl (C=O) groups excluding carboxylic acids is 1. The fraction of sp³-hybridized carbons (Fsp3) is 0.889. The zero-order valence-corrected chi connectivity index (χ0v) is 10.4. The number of methoxy groups -OCH3 is 1. The van der Waals surface area contributed by atoms with Gasteiger partial charge in [0.1, 0.15) is 0 Å². The SMILES string of the molecule is COC(=O)CCCN(C)S(=O)(=O)NC1CC1. The summed E-state index contributed by atoms with van der Waals surface area (Å²) < 4.78 is 31.5.